The molecule has 0 fully saturated rings. The van der Waals surface area contributed by atoms with Gasteiger partial charge in [-0.05, 0) is 24.3 Å². The number of nitrogens with two attached hydrogens (primary N) is 1. The molecule has 0 aliphatic rings. The number of nitrogens with zero attached hydrogens (tertiary/aromatic N) is 1. The summed E-state index contributed by atoms with van der Waals surface area (Å²) < 4.78 is 10.6. The third kappa shape index (κ3) is 5.07. The molecule has 0 aromatic heterocycles. The fraction of sp³-hybridized carbons (Fsp3) is 0.211. The van der Waals surface area contributed by atoms with Crippen LogP contribution in [0.1, 0.15) is 22.0 Å². The molecule has 1 atom stereocenters. The molecule has 0 spiro atoms. The summed E-state index contributed by atoms with van der Waals surface area (Å²) in [6, 6.07) is 14.8. The number of carbonyl (C=O) groups excluding carboxylic acids is 3. The molecule has 0 radical (unpaired) electrons. The lowest BCUT2D eigenvalue weighted by Gasteiger charge is -2.21. The lowest BCUT2D eigenvalue weighted by atomic mass is 10.1. The summed E-state index contributed by atoms with van der Waals surface area (Å²) in [7, 11) is 3.19. The number of hydrogen-bond acceptors (Lipinski definition) is 5. The second-order valence-corrected chi connectivity index (χ2v) is 5.71. The lowest BCUT2D eigenvalue weighted by molar-refractivity contribution is -0.138. The lowest BCUT2D eigenvalue weighted by Crippen LogP contribution is -2.31. The Morgan fingerprint density at radius 3 is 2.15 bits per heavy atom. The predicted molar refractivity (Wildman–Crippen MR) is 94.4 cm³/mol. The summed E-state index contributed by atoms with van der Waals surface area (Å²) in [5.74, 6) is -1.19. The fourth-order valence-corrected chi connectivity index (χ4v) is 2.14. The van der Waals surface area contributed by atoms with Crippen LogP contribution in [0.25, 0.3) is 0 Å². The molecule has 2 N–H and O–H groups in total. The highest BCUT2D eigenvalue weighted by atomic mass is 16.5. The summed E-state index contributed by atoms with van der Waals surface area (Å²) in [6.07, 6.45) is -1.04. The highest BCUT2D eigenvalue weighted by Crippen LogP contribution is 2.22. The first-order valence-corrected chi connectivity index (χ1v) is 7.86. The summed E-state index contributed by atoms with van der Waals surface area (Å²) in [5.41, 5.74) is 5.85. The first-order valence-electron chi connectivity index (χ1n) is 7.86. The standard InChI is InChI=1S/C19H20N2O5/c1-21(2)18(23)17(13-6-4-3-5-7-13)26-19(24)14-8-10-15(11-9-14)25-12-16(20)22/h3-11,17H,12H2,1-2H3,(H2,20,22)/t17-/m1/s1. The Balaban J connectivity index is 2.14. The number of carbonyl (C=O) groups is 3. The second kappa shape index (κ2) is 8.66. The minimum atomic E-state index is -1.04. The van der Waals surface area contributed by atoms with Crippen molar-refractivity contribution in [2.75, 3.05) is 20.7 Å². The Morgan fingerprint density at radius 2 is 1.62 bits per heavy atom. The zero-order valence-electron chi connectivity index (χ0n) is 14.5. The topological polar surface area (TPSA) is 98.9 Å². The number of rotatable bonds is 7. The molecule has 0 bridgehead atoms. The molecule has 7 heteroatoms. The van der Waals surface area contributed by atoms with Crippen molar-refractivity contribution in [3.8, 4) is 5.75 Å². The van der Waals surface area contributed by atoms with Gasteiger partial charge >= 0.3 is 5.97 Å². The van der Waals surface area contributed by atoms with Crippen molar-refractivity contribution in [1.29, 1.82) is 0 Å². The molecule has 7 nitrogen and oxygen atoms in total. The monoisotopic (exact) mass is 356 g/mol. The molecular formula is C19H20N2O5. The van der Waals surface area contributed by atoms with Crippen molar-refractivity contribution in [2.24, 2.45) is 5.73 Å². The van der Waals surface area contributed by atoms with Crippen molar-refractivity contribution in [3.05, 3.63) is 65.7 Å². The van der Waals surface area contributed by atoms with E-state index in [0.29, 0.717) is 11.3 Å². The number of amides is 2. The Hall–Kier alpha value is -3.35. The third-order valence-corrected chi connectivity index (χ3v) is 3.46. The van der Waals surface area contributed by atoms with Crippen molar-refractivity contribution >= 4 is 17.8 Å². The third-order valence-electron chi connectivity index (χ3n) is 3.46. The Bertz CT molecular complexity index is 772. The van der Waals surface area contributed by atoms with E-state index < -0.39 is 18.0 Å². The Kier molecular flexibility index (Phi) is 6.32. The van der Waals surface area contributed by atoms with Crippen LogP contribution in [0, 0.1) is 0 Å². The van der Waals surface area contributed by atoms with Gasteiger partial charge in [0.15, 0.2) is 6.61 Å². The molecule has 136 valence electrons. The Morgan fingerprint density at radius 1 is 1.00 bits per heavy atom. The number of benzene rings is 2. The zero-order valence-corrected chi connectivity index (χ0v) is 14.5. The quantitative estimate of drug-likeness (QED) is 0.759. The molecule has 2 aromatic carbocycles. The maximum Gasteiger partial charge on any atom is 0.339 e. The molecule has 2 rings (SSSR count). The van der Waals surface area contributed by atoms with Crippen LogP contribution in [-0.4, -0.2) is 43.4 Å². The van der Waals surface area contributed by atoms with Gasteiger partial charge in [0.25, 0.3) is 11.8 Å². The summed E-state index contributed by atoms with van der Waals surface area (Å²) in [5, 5.41) is 0. The number of ether oxygens (including phenoxy) is 2. The van der Waals surface area contributed by atoms with Crippen LogP contribution < -0.4 is 10.5 Å². The van der Waals surface area contributed by atoms with Crippen LogP contribution >= 0.6 is 0 Å². The van der Waals surface area contributed by atoms with E-state index in [9.17, 15) is 14.4 Å². The van der Waals surface area contributed by atoms with Gasteiger partial charge < -0.3 is 20.1 Å². The normalized spacial score (nSPS) is 11.3. The van der Waals surface area contributed by atoms with Gasteiger partial charge in [-0.1, -0.05) is 30.3 Å². The van der Waals surface area contributed by atoms with Gasteiger partial charge in [-0.3, -0.25) is 9.59 Å². The van der Waals surface area contributed by atoms with Crippen LogP contribution in [0.5, 0.6) is 5.75 Å². The maximum atomic E-state index is 12.4. The van der Waals surface area contributed by atoms with E-state index in [2.05, 4.69) is 0 Å². The second-order valence-electron chi connectivity index (χ2n) is 5.71. The van der Waals surface area contributed by atoms with E-state index in [-0.39, 0.29) is 18.1 Å². The highest BCUT2D eigenvalue weighted by molar-refractivity contribution is 5.92. The molecule has 0 aliphatic heterocycles. The van der Waals surface area contributed by atoms with Crippen LogP contribution in [0.4, 0.5) is 0 Å². The van der Waals surface area contributed by atoms with Gasteiger partial charge in [0.05, 0.1) is 5.56 Å². The van der Waals surface area contributed by atoms with E-state index in [1.54, 1.807) is 38.4 Å². The molecular weight excluding hydrogens is 336 g/mol. The molecule has 0 saturated carbocycles. The molecule has 0 saturated heterocycles. The van der Waals surface area contributed by atoms with Crippen molar-refractivity contribution in [3.63, 3.8) is 0 Å². The number of likely N-dealkylation sites (N-methyl/N-ethyl adjacent to an activating group) is 1. The van der Waals surface area contributed by atoms with Crippen molar-refractivity contribution < 1.29 is 23.9 Å². The number of primary amides is 1. The minimum Gasteiger partial charge on any atom is -0.484 e. The number of esters is 1. The van der Waals surface area contributed by atoms with Crippen LogP contribution in [-0.2, 0) is 14.3 Å². The molecule has 2 aromatic rings. The first-order chi connectivity index (χ1) is 12.4. The minimum absolute atomic E-state index is 0.253. The van der Waals surface area contributed by atoms with Crippen molar-refractivity contribution in [1.82, 2.24) is 4.90 Å². The predicted octanol–water partition coefficient (Wildman–Crippen LogP) is 1.54. The first kappa shape index (κ1) is 19.0. The van der Waals surface area contributed by atoms with Crippen molar-refractivity contribution in [2.45, 2.75) is 6.10 Å². The average molecular weight is 356 g/mol. The molecule has 26 heavy (non-hydrogen) atoms. The largest absolute Gasteiger partial charge is 0.484 e. The van der Waals surface area contributed by atoms with E-state index in [1.165, 1.54) is 29.2 Å². The van der Waals surface area contributed by atoms with E-state index in [4.69, 9.17) is 15.2 Å². The summed E-state index contributed by atoms with van der Waals surface area (Å²) >= 11 is 0. The summed E-state index contributed by atoms with van der Waals surface area (Å²) in [4.78, 5) is 36.9. The van der Waals surface area contributed by atoms with Gasteiger partial charge in [-0.2, -0.15) is 0 Å². The zero-order chi connectivity index (χ0) is 19.1. The molecule has 0 heterocycles. The van der Waals surface area contributed by atoms with Gasteiger partial charge in [0, 0.05) is 19.7 Å². The molecule has 0 unspecified atom stereocenters. The van der Waals surface area contributed by atoms with Gasteiger partial charge in [-0.15, -0.1) is 0 Å². The smallest absolute Gasteiger partial charge is 0.339 e. The van der Waals surface area contributed by atoms with E-state index in [1.807, 2.05) is 6.07 Å². The Labute approximate surface area is 151 Å². The summed E-state index contributed by atoms with van der Waals surface area (Å²) in [6.45, 7) is -0.253. The van der Waals surface area contributed by atoms with Crippen LogP contribution in [0.15, 0.2) is 54.6 Å². The van der Waals surface area contributed by atoms with Crippen LogP contribution in [0.3, 0.4) is 0 Å². The van der Waals surface area contributed by atoms with E-state index in [0.717, 1.165) is 0 Å². The highest BCUT2D eigenvalue weighted by Gasteiger charge is 2.26. The maximum absolute atomic E-state index is 12.4. The van der Waals surface area contributed by atoms with Gasteiger partial charge in [0.2, 0.25) is 6.10 Å². The average Bonchev–Trinajstić information content (AvgIpc) is 2.64. The van der Waals surface area contributed by atoms with Crippen LogP contribution in [0.2, 0.25) is 0 Å². The van der Waals surface area contributed by atoms with Gasteiger partial charge in [-0.25, -0.2) is 4.79 Å². The molecule has 0 aliphatic carbocycles. The SMILES string of the molecule is CN(C)C(=O)[C@H](OC(=O)c1ccc(OCC(N)=O)cc1)c1ccccc1. The number of hydrogen-bond donors (Lipinski definition) is 1. The fourth-order valence-electron chi connectivity index (χ4n) is 2.14. The molecule has 2 amide bonds. The van der Waals surface area contributed by atoms with Gasteiger partial charge in [0.1, 0.15) is 5.75 Å². The van der Waals surface area contributed by atoms with E-state index >= 15 is 0 Å².